The monoisotopic (exact) mass is 352 g/mol. The van der Waals surface area contributed by atoms with Crippen LogP contribution in [0.1, 0.15) is 12.0 Å². The van der Waals surface area contributed by atoms with E-state index in [4.69, 9.17) is 27.9 Å². The van der Waals surface area contributed by atoms with Crippen molar-refractivity contribution in [2.24, 2.45) is 0 Å². The van der Waals surface area contributed by atoms with Crippen LogP contribution in [0.5, 0.6) is 5.75 Å². The molecule has 23 heavy (non-hydrogen) atoms. The van der Waals surface area contributed by atoms with Crippen LogP contribution in [0.25, 0.3) is 0 Å². The predicted molar refractivity (Wildman–Crippen MR) is 94.4 cm³/mol. The number of rotatable bonds is 7. The second-order valence-electron chi connectivity index (χ2n) is 4.98. The summed E-state index contributed by atoms with van der Waals surface area (Å²) in [6, 6.07) is 12.7. The van der Waals surface area contributed by atoms with Crippen molar-refractivity contribution in [1.82, 2.24) is 5.32 Å². The van der Waals surface area contributed by atoms with E-state index >= 15 is 0 Å². The molecule has 0 aliphatic carbocycles. The molecule has 2 aromatic rings. The zero-order valence-corrected chi connectivity index (χ0v) is 14.2. The summed E-state index contributed by atoms with van der Waals surface area (Å²) in [5, 5.41) is 6.98. The van der Waals surface area contributed by atoms with Crippen LogP contribution in [0.3, 0.4) is 0 Å². The molecule has 6 heteroatoms. The van der Waals surface area contributed by atoms with Crippen LogP contribution in [-0.4, -0.2) is 19.6 Å². The molecule has 0 spiro atoms. The summed E-state index contributed by atoms with van der Waals surface area (Å²) in [5.74, 6) is 0.735. The van der Waals surface area contributed by atoms with Gasteiger partial charge in [-0.2, -0.15) is 0 Å². The van der Waals surface area contributed by atoms with Crippen LogP contribution in [0.15, 0.2) is 42.5 Å². The van der Waals surface area contributed by atoms with Gasteiger partial charge in [0.05, 0.1) is 7.11 Å². The number of hydrogen-bond acceptors (Lipinski definition) is 3. The maximum Gasteiger partial charge on any atom is 0.225 e. The molecule has 4 nitrogen and oxygen atoms in total. The number of nitrogens with one attached hydrogen (secondary N) is 2. The number of anilines is 1. The summed E-state index contributed by atoms with van der Waals surface area (Å²) < 4.78 is 5.11. The third-order valence-corrected chi connectivity index (χ3v) is 3.60. The van der Waals surface area contributed by atoms with Crippen LogP contribution >= 0.6 is 23.2 Å². The quantitative estimate of drug-likeness (QED) is 0.737. The molecule has 0 heterocycles. The Morgan fingerprint density at radius 3 is 2.35 bits per heavy atom. The molecule has 0 atom stereocenters. The SMILES string of the molecule is COc1ccc(CNCCC(=O)Nc2cc(Cl)cc(Cl)c2)cc1. The van der Waals surface area contributed by atoms with Crippen molar-refractivity contribution in [3.8, 4) is 5.75 Å². The Morgan fingerprint density at radius 2 is 1.74 bits per heavy atom. The zero-order valence-electron chi connectivity index (χ0n) is 12.7. The smallest absolute Gasteiger partial charge is 0.225 e. The van der Waals surface area contributed by atoms with Gasteiger partial charge in [0.1, 0.15) is 5.75 Å². The average Bonchev–Trinajstić information content (AvgIpc) is 2.51. The van der Waals surface area contributed by atoms with Gasteiger partial charge in [-0.05, 0) is 35.9 Å². The molecule has 1 amide bonds. The Kier molecular flexibility index (Phi) is 6.71. The lowest BCUT2D eigenvalue weighted by molar-refractivity contribution is -0.116. The van der Waals surface area contributed by atoms with Crippen LogP contribution in [0.2, 0.25) is 10.0 Å². The molecule has 0 radical (unpaired) electrons. The Labute approximate surface area is 145 Å². The molecule has 0 bridgehead atoms. The van der Waals surface area contributed by atoms with Crippen molar-refractivity contribution in [3.63, 3.8) is 0 Å². The summed E-state index contributed by atoms with van der Waals surface area (Å²) in [4.78, 5) is 11.9. The number of carbonyl (C=O) groups is 1. The fraction of sp³-hybridized carbons (Fsp3) is 0.235. The Bertz CT molecular complexity index is 640. The molecule has 2 aromatic carbocycles. The minimum Gasteiger partial charge on any atom is -0.497 e. The fourth-order valence-electron chi connectivity index (χ4n) is 2.03. The highest BCUT2D eigenvalue weighted by Gasteiger charge is 2.04. The number of carbonyl (C=O) groups excluding carboxylic acids is 1. The molecule has 0 aromatic heterocycles. The number of amides is 1. The number of benzene rings is 2. The van der Waals surface area contributed by atoms with E-state index in [2.05, 4.69) is 10.6 Å². The lowest BCUT2D eigenvalue weighted by atomic mass is 10.2. The highest BCUT2D eigenvalue weighted by atomic mass is 35.5. The molecule has 0 unspecified atom stereocenters. The van der Waals surface area contributed by atoms with E-state index in [0.29, 0.717) is 35.2 Å². The summed E-state index contributed by atoms with van der Waals surface area (Å²) in [5.41, 5.74) is 1.73. The molecule has 2 rings (SSSR count). The summed E-state index contributed by atoms with van der Waals surface area (Å²) in [6.45, 7) is 1.27. The molecular formula is C17H18Cl2N2O2. The van der Waals surface area contributed by atoms with Crippen molar-refractivity contribution < 1.29 is 9.53 Å². The van der Waals surface area contributed by atoms with Gasteiger partial charge in [-0.1, -0.05) is 35.3 Å². The van der Waals surface area contributed by atoms with Crippen LogP contribution in [0.4, 0.5) is 5.69 Å². The zero-order chi connectivity index (χ0) is 16.7. The summed E-state index contributed by atoms with van der Waals surface area (Å²) >= 11 is 11.8. The largest absolute Gasteiger partial charge is 0.497 e. The van der Waals surface area contributed by atoms with Gasteiger partial charge in [0.2, 0.25) is 5.91 Å². The van der Waals surface area contributed by atoms with Gasteiger partial charge in [-0.25, -0.2) is 0 Å². The number of hydrogen-bond donors (Lipinski definition) is 2. The van der Waals surface area contributed by atoms with Crippen LogP contribution in [0, 0.1) is 0 Å². The van der Waals surface area contributed by atoms with Crippen molar-refractivity contribution in [1.29, 1.82) is 0 Å². The van der Waals surface area contributed by atoms with Crippen molar-refractivity contribution in [3.05, 3.63) is 58.1 Å². The van der Waals surface area contributed by atoms with Crippen molar-refractivity contribution in [2.75, 3.05) is 19.0 Å². The average molecular weight is 353 g/mol. The van der Waals surface area contributed by atoms with Gasteiger partial charge >= 0.3 is 0 Å². The number of halogens is 2. The number of methoxy groups -OCH3 is 1. The van der Waals surface area contributed by atoms with E-state index in [0.717, 1.165) is 11.3 Å². The van der Waals surface area contributed by atoms with Gasteiger partial charge in [0, 0.05) is 35.2 Å². The first-order chi connectivity index (χ1) is 11.1. The normalized spacial score (nSPS) is 10.4. The van der Waals surface area contributed by atoms with Gasteiger partial charge in [0.25, 0.3) is 0 Å². The van der Waals surface area contributed by atoms with E-state index in [-0.39, 0.29) is 5.91 Å². The topological polar surface area (TPSA) is 50.4 Å². The third-order valence-electron chi connectivity index (χ3n) is 3.16. The van der Waals surface area contributed by atoms with E-state index in [9.17, 15) is 4.79 Å². The lowest BCUT2D eigenvalue weighted by Gasteiger charge is -2.08. The standard InChI is InChI=1S/C17H18Cl2N2O2/c1-23-16-4-2-12(3-5-16)11-20-7-6-17(22)21-15-9-13(18)8-14(19)10-15/h2-5,8-10,20H,6-7,11H2,1H3,(H,21,22). The molecule has 2 N–H and O–H groups in total. The Balaban J connectivity index is 1.71. The van der Waals surface area contributed by atoms with Gasteiger partial charge in [-0.15, -0.1) is 0 Å². The highest BCUT2D eigenvalue weighted by Crippen LogP contribution is 2.22. The molecule has 0 fully saturated rings. The summed E-state index contributed by atoms with van der Waals surface area (Å²) in [6.07, 6.45) is 0.361. The van der Waals surface area contributed by atoms with E-state index in [1.165, 1.54) is 0 Å². The van der Waals surface area contributed by atoms with Gasteiger partial charge < -0.3 is 15.4 Å². The first-order valence-electron chi connectivity index (χ1n) is 7.16. The Morgan fingerprint density at radius 1 is 1.09 bits per heavy atom. The molecular weight excluding hydrogens is 335 g/mol. The predicted octanol–water partition coefficient (Wildman–Crippen LogP) is 4.12. The molecule has 0 saturated heterocycles. The minimum absolute atomic E-state index is 0.0921. The fourth-order valence-corrected chi connectivity index (χ4v) is 2.55. The molecule has 122 valence electrons. The third kappa shape index (κ3) is 6.10. The maximum absolute atomic E-state index is 11.9. The molecule has 0 aliphatic heterocycles. The van der Waals surface area contributed by atoms with Crippen molar-refractivity contribution in [2.45, 2.75) is 13.0 Å². The highest BCUT2D eigenvalue weighted by molar-refractivity contribution is 6.35. The maximum atomic E-state index is 11.9. The number of ether oxygens (including phenoxy) is 1. The summed E-state index contributed by atoms with van der Waals surface area (Å²) in [7, 11) is 1.64. The first-order valence-corrected chi connectivity index (χ1v) is 7.92. The van der Waals surface area contributed by atoms with E-state index in [1.807, 2.05) is 24.3 Å². The second kappa shape index (κ2) is 8.77. The molecule has 0 aliphatic rings. The first kappa shape index (κ1) is 17.6. The Hall–Kier alpha value is -1.75. The van der Waals surface area contributed by atoms with Crippen LogP contribution < -0.4 is 15.4 Å². The van der Waals surface area contributed by atoms with E-state index in [1.54, 1.807) is 25.3 Å². The minimum atomic E-state index is -0.0921. The van der Waals surface area contributed by atoms with E-state index < -0.39 is 0 Å². The second-order valence-corrected chi connectivity index (χ2v) is 5.85. The van der Waals surface area contributed by atoms with Crippen LogP contribution in [-0.2, 0) is 11.3 Å². The molecule has 0 saturated carbocycles. The van der Waals surface area contributed by atoms with Gasteiger partial charge in [0.15, 0.2) is 0 Å². The lowest BCUT2D eigenvalue weighted by Crippen LogP contribution is -2.21. The van der Waals surface area contributed by atoms with Crippen molar-refractivity contribution >= 4 is 34.8 Å². The van der Waals surface area contributed by atoms with Gasteiger partial charge in [-0.3, -0.25) is 4.79 Å².